The molecule has 0 aliphatic carbocycles. The number of hydrogen-bond acceptors (Lipinski definition) is 5. The predicted molar refractivity (Wildman–Crippen MR) is 66.0 cm³/mol. The average Bonchev–Trinajstić information content (AvgIpc) is 2.61. The van der Waals surface area contributed by atoms with E-state index in [2.05, 4.69) is 5.32 Å². The van der Waals surface area contributed by atoms with Crippen molar-refractivity contribution in [1.29, 1.82) is 0 Å². The number of hydrogen-bond donors (Lipinski definition) is 2. The molecule has 19 heavy (non-hydrogen) atoms. The molecule has 2 heterocycles. The maximum absolute atomic E-state index is 11.6. The first kappa shape index (κ1) is 14.0. The van der Waals surface area contributed by atoms with Gasteiger partial charge in [0.05, 0.1) is 18.7 Å². The Morgan fingerprint density at radius 2 is 1.95 bits per heavy atom. The number of imide groups is 1. The first-order valence-corrected chi connectivity index (χ1v) is 6.41. The Labute approximate surface area is 111 Å². The van der Waals surface area contributed by atoms with Gasteiger partial charge in [0.2, 0.25) is 17.7 Å². The normalized spacial score (nSPS) is 22.2. The zero-order chi connectivity index (χ0) is 14.0. The van der Waals surface area contributed by atoms with E-state index in [0.29, 0.717) is 26.1 Å². The second-order valence-electron chi connectivity index (χ2n) is 5.53. The van der Waals surface area contributed by atoms with E-state index in [1.807, 2.05) is 0 Å². The van der Waals surface area contributed by atoms with Crippen LogP contribution in [-0.2, 0) is 14.4 Å². The Bertz CT molecular complexity index is 400. The lowest BCUT2D eigenvalue weighted by Crippen LogP contribution is -2.62. The van der Waals surface area contributed by atoms with Gasteiger partial charge in [-0.2, -0.15) is 0 Å². The van der Waals surface area contributed by atoms with E-state index in [1.54, 1.807) is 11.8 Å². The quantitative estimate of drug-likeness (QED) is 0.636. The van der Waals surface area contributed by atoms with E-state index < -0.39 is 17.4 Å². The van der Waals surface area contributed by atoms with E-state index in [4.69, 9.17) is 0 Å². The minimum absolute atomic E-state index is 0.0404. The molecule has 0 spiro atoms. The lowest BCUT2D eigenvalue weighted by atomic mass is 9.97. The molecule has 0 atom stereocenters. The summed E-state index contributed by atoms with van der Waals surface area (Å²) in [6.45, 7) is 3.18. The predicted octanol–water partition coefficient (Wildman–Crippen LogP) is -1.68. The fourth-order valence-electron chi connectivity index (χ4n) is 2.51. The van der Waals surface area contributed by atoms with Gasteiger partial charge in [-0.25, -0.2) is 0 Å². The molecule has 0 aromatic rings. The molecule has 2 saturated heterocycles. The van der Waals surface area contributed by atoms with E-state index in [-0.39, 0.29) is 19.0 Å². The molecule has 0 radical (unpaired) electrons. The third-order valence-electron chi connectivity index (χ3n) is 3.28. The molecule has 2 N–H and O–H groups in total. The minimum Gasteiger partial charge on any atom is -0.388 e. The third kappa shape index (κ3) is 3.74. The summed E-state index contributed by atoms with van der Waals surface area (Å²) >= 11 is 0. The standard InChI is InChI=1S/C12H19N3O4/c1-12(19)7-14(8-12)5-9(16)13-10(17)6-15-4-2-3-11(15)18/h19H,2-8H2,1H3,(H,13,16,17). The highest BCUT2D eigenvalue weighted by Gasteiger charge is 2.37. The number of likely N-dealkylation sites (tertiary alicyclic amines) is 2. The van der Waals surface area contributed by atoms with Crippen molar-refractivity contribution in [3.8, 4) is 0 Å². The van der Waals surface area contributed by atoms with Crippen molar-refractivity contribution < 1.29 is 19.5 Å². The highest BCUT2D eigenvalue weighted by Crippen LogP contribution is 2.18. The molecule has 0 aromatic heterocycles. The van der Waals surface area contributed by atoms with Crippen molar-refractivity contribution in [3.63, 3.8) is 0 Å². The van der Waals surface area contributed by atoms with Crippen LogP contribution >= 0.6 is 0 Å². The van der Waals surface area contributed by atoms with Gasteiger partial charge in [0.1, 0.15) is 0 Å². The Balaban J connectivity index is 1.67. The molecular weight excluding hydrogens is 250 g/mol. The summed E-state index contributed by atoms with van der Waals surface area (Å²) in [5.74, 6) is -0.888. The monoisotopic (exact) mass is 269 g/mol. The highest BCUT2D eigenvalue weighted by atomic mass is 16.3. The van der Waals surface area contributed by atoms with E-state index in [1.165, 1.54) is 4.90 Å². The molecule has 3 amide bonds. The van der Waals surface area contributed by atoms with Crippen LogP contribution in [0.15, 0.2) is 0 Å². The number of aliphatic hydroxyl groups is 1. The van der Waals surface area contributed by atoms with Gasteiger partial charge >= 0.3 is 0 Å². The number of rotatable bonds is 4. The number of carbonyl (C=O) groups is 3. The van der Waals surface area contributed by atoms with Crippen molar-refractivity contribution >= 4 is 17.7 Å². The van der Waals surface area contributed by atoms with Crippen LogP contribution in [0.2, 0.25) is 0 Å². The van der Waals surface area contributed by atoms with Crippen molar-refractivity contribution in [2.45, 2.75) is 25.4 Å². The molecule has 2 aliphatic heterocycles. The molecule has 2 rings (SSSR count). The molecule has 7 heteroatoms. The Morgan fingerprint density at radius 1 is 1.32 bits per heavy atom. The second kappa shape index (κ2) is 5.26. The summed E-state index contributed by atoms with van der Waals surface area (Å²) in [6.07, 6.45) is 1.24. The van der Waals surface area contributed by atoms with Gasteiger partial charge in [-0.15, -0.1) is 0 Å². The SMILES string of the molecule is CC1(O)CN(CC(=O)NC(=O)CN2CCCC2=O)C1. The molecule has 2 aliphatic rings. The third-order valence-corrected chi connectivity index (χ3v) is 3.28. The van der Waals surface area contributed by atoms with Gasteiger partial charge in [-0.1, -0.05) is 0 Å². The lowest BCUT2D eigenvalue weighted by molar-refractivity contribution is -0.139. The van der Waals surface area contributed by atoms with Gasteiger partial charge < -0.3 is 10.0 Å². The number of amides is 3. The number of carbonyl (C=O) groups excluding carboxylic acids is 3. The lowest BCUT2D eigenvalue weighted by Gasteiger charge is -2.43. The molecule has 2 fully saturated rings. The first-order chi connectivity index (χ1) is 8.85. The summed E-state index contributed by atoms with van der Waals surface area (Å²) in [6, 6.07) is 0. The smallest absolute Gasteiger partial charge is 0.246 e. The second-order valence-corrected chi connectivity index (χ2v) is 5.53. The highest BCUT2D eigenvalue weighted by molar-refractivity contribution is 5.98. The maximum atomic E-state index is 11.6. The van der Waals surface area contributed by atoms with Crippen molar-refractivity contribution in [1.82, 2.24) is 15.1 Å². The number of β-amino-alcohol motifs (C(OH)–C–C–N with tert-alkyl or cyclic N) is 1. The minimum atomic E-state index is -0.730. The van der Waals surface area contributed by atoms with Gasteiger partial charge in [0.15, 0.2) is 0 Å². The molecule has 0 saturated carbocycles. The summed E-state index contributed by atoms with van der Waals surface area (Å²) in [5, 5.41) is 11.8. The summed E-state index contributed by atoms with van der Waals surface area (Å²) in [7, 11) is 0. The Kier molecular flexibility index (Phi) is 3.86. The van der Waals surface area contributed by atoms with Crippen LogP contribution in [0.5, 0.6) is 0 Å². The van der Waals surface area contributed by atoms with Crippen molar-refractivity contribution in [3.05, 3.63) is 0 Å². The fraction of sp³-hybridized carbons (Fsp3) is 0.750. The average molecular weight is 269 g/mol. The van der Waals surface area contributed by atoms with Crippen molar-refractivity contribution in [2.24, 2.45) is 0 Å². The van der Waals surface area contributed by atoms with E-state index >= 15 is 0 Å². The van der Waals surface area contributed by atoms with Gasteiger partial charge in [-0.3, -0.25) is 24.6 Å². The number of nitrogens with one attached hydrogen (secondary N) is 1. The van der Waals surface area contributed by atoms with Crippen LogP contribution in [0.4, 0.5) is 0 Å². The van der Waals surface area contributed by atoms with Gasteiger partial charge in [0.25, 0.3) is 0 Å². The zero-order valence-corrected chi connectivity index (χ0v) is 11.0. The Morgan fingerprint density at radius 3 is 2.47 bits per heavy atom. The van der Waals surface area contributed by atoms with Crippen LogP contribution < -0.4 is 5.32 Å². The zero-order valence-electron chi connectivity index (χ0n) is 11.0. The van der Waals surface area contributed by atoms with E-state index in [0.717, 1.165) is 6.42 Å². The van der Waals surface area contributed by atoms with Crippen LogP contribution in [-0.4, -0.2) is 71.0 Å². The van der Waals surface area contributed by atoms with E-state index in [9.17, 15) is 19.5 Å². The fourth-order valence-corrected chi connectivity index (χ4v) is 2.51. The van der Waals surface area contributed by atoms with Crippen LogP contribution in [0.3, 0.4) is 0 Å². The molecule has 7 nitrogen and oxygen atoms in total. The molecule has 106 valence electrons. The molecule has 0 unspecified atom stereocenters. The van der Waals surface area contributed by atoms with Gasteiger partial charge in [0, 0.05) is 26.1 Å². The summed E-state index contributed by atoms with van der Waals surface area (Å²) in [4.78, 5) is 37.7. The largest absolute Gasteiger partial charge is 0.388 e. The molecule has 0 aromatic carbocycles. The van der Waals surface area contributed by atoms with Gasteiger partial charge in [-0.05, 0) is 13.3 Å². The molecule has 0 bridgehead atoms. The van der Waals surface area contributed by atoms with Crippen LogP contribution in [0.25, 0.3) is 0 Å². The topological polar surface area (TPSA) is 89.9 Å². The van der Waals surface area contributed by atoms with Crippen LogP contribution in [0.1, 0.15) is 19.8 Å². The molecular formula is C12H19N3O4. The summed E-state index contributed by atoms with van der Waals surface area (Å²) < 4.78 is 0. The van der Waals surface area contributed by atoms with Crippen molar-refractivity contribution in [2.75, 3.05) is 32.7 Å². The number of nitrogens with zero attached hydrogens (tertiary/aromatic N) is 2. The Hall–Kier alpha value is -1.47. The first-order valence-electron chi connectivity index (χ1n) is 6.41. The summed E-state index contributed by atoms with van der Waals surface area (Å²) in [5.41, 5.74) is -0.730. The maximum Gasteiger partial charge on any atom is 0.246 e. The van der Waals surface area contributed by atoms with Crippen LogP contribution in [0, 0.1) is 0 Å².